The third-order valence-electron chi connectivity index (χ3n) is 3.41. The molecule has 1 aliphatic heterocycles. The lowest BCUT2D eigenvalue weighted by molar-refractivity contribution is -0.142. The Hall–Kier alpha value is -1.85. The number of carboxylic acid groups (broad SMARTS) is 1. The molecule has 0 amide bonds. The Labute approximate surface area is 109 Å². The zero-order chi connectivity index (χ0) is 14.0. The van der Waals surface area contributed by atoms with Crippen molar-refractivity contribution >= 4 is 11.7 Å². The van der Waals surface area contributed by atoms with Crippen molar-refractivity contribution in [3.8, 4) is 5.75 Å². The molecule has 1 aromatic carbocycles. The molecule has 1 aromatic rings. The number of ether oxygens (including phenoxy) is 1. The maximum Gasteiger partial charge on any atom is 0.306 e. The van der Waals surface area contributed by atoms with Crippen molar-refractivity contribution in [2.24, 2.45) is 5.92 Å². The Morgan fingerprint density at radius 3 is 2.47 bits per heavy atom. The summed E-state index contributed by atoms with van der Waals surface area (Å²) in [6.45, 7) is 0.805. The van der Waals surface area contributed by atoms with Gasteiger partial charge in [-0.25, -0.2) is 8.78 Å². The zero-order valence-electron chi connectivity index (χ0n) is 10.5. The van der Waals surface area contributed by atoms with Gasteiger partial charge in [0, 0.05) is 25.2 Å². The number of halogens is 2. The second-order valence-corrected chi connectivity index (χ2v) is 4.54. The number of nitrogens with zero attached hydrogens (tertiary/aromatic N) is 1. The number of hydrogen-bond acceptors (Lipinski definition) is 3. The monoisotopic (exact) mass is 271 g/mol. The number of benzene rings is 1. The van der Waals surface area contributed by atoms with Gasteiger partial charge < -0.3 is 14.7 Å². The first-order valence-corrected chi connectivity index (χ1v) is 6.03. The largest absolute Gasteiger partial charge is 0.494 e. The van der Waals surface area contributed by atoms with Gasteiger partial charge in [-0.1, -0.05) is 0 Å². The third kappa shape index (κ3) is 2.77. The molecule has 0 unspecified atom stereocenters. The molecule has 0 aromatic heterocycles. The van der Waals surface area contributed by atoms with Crippen LogP contribution in [0.4, 0.5) is 14.5 Å². The topological polar surface area (TPSA) is 49.8 Å². The van der Waals surface area contributed by atoms with E-state index in [1.54, 1.807) is 4.90 Å². The summed E-state index contributed by atoms with van der Waals surface area (Å²) in [7, 11) is 1.27. The number of aliphatic carboxylic acids is 1. The average molecular weight is 271 g/mol. The molecule has 104 valence electrons. The molecule has 1 aliphatic rings. The number of anilines is 1. The number of hydrogen-bond donors (Lipinski definition) is 1. The van der Waals surface area contributed by atoms with Gasteiger partial charge in [0.25, 0.3) is 0 Å². The van der Waals surface area contributed by atoms with Crippen molar-refractivity contribution in [1.29, 1.82) is 0 Å². The van der Waals surface area contributed by atoms with Crippen LogP contribution in [0.1, 0.15) is 12.8 Å². The average Bonchev–Trinajstić information content (AvgIpc) is 2.41. The van der Waals surface area contributed by atoms with Crippen molar-refractivity contribution in [2.75, 3.05) is 25.1 Å². The predicted octanol–water partition coefficient (Wildman–Crippen LogP) is 2.27. The van der Waals surface area contributed by atoms with Crippen molar-refractivity contribution in [3.63, 3.8) is 0 Å². The van der Waals surface area contributed by atoms with Gasteiger partial charge in [0.05, 0.1) is 18.7 Å². The standard InChI is InChI=1S/C13H15F2NO3/c1-19-12-7-9(14)11(6-10(12)15)16-4-2-8(3-5-16)13(17)18/h6-8H,2-5H2,1H3,(H,17,18). The molecule has 0 radical (unpaired) electrons. The molecule has 1 saturated heterocycles. The molecule has 4 nitrogen and oxygen atoms in total. The SMILES string of the molecule is COc1cc(F)c(N2CCC(C(=O)O)CC2)cc1F. The Morgan fingerprint density at radius 2 is 1.95 bits per heavy atom. The number of rotatable bonds is 3. The van der Waals surface area contributed by atoms with E-state index in [0.29, 0.717) is 25.9 Å². The minimum atomic E-state index is -0.832. The predicted molar refractivity (Wildman–Crippen MR) is 65.5 cm³/mol. The highest BCUT2D eigenvalue weighted by Gasteiger charge is 2.26. The van der Waals surface area contributed by atoms with E-state index in [1.165, 1.54) is 7.11 Å². The highest BCUT2D eigenvalue weighted by Crippen LogP contribution is 2.30. The van der Waals surface area contributed by atoms with Crippen LogP contribution in [0.15, 0.2) is 12.1 Å². The summed E-state index contributed by atoms with van der Waals surface area (Å²) in [6.07, 6.45) is 0.866. The summed E-state index contributed by atoms with van der Waals surface area (Å²) in [6, 6.07) is 2.10. The second-order valence-electron chi connectivity index (χ2n) is 4.54. The lowest BCUT2D eigenvalue weighted by atomic mass is 9.96. The summed E-state index contributed by atoms with van der Waals surface area (Å²) in [5, 5.41) is 8.89. The van der Waals surface area contributed by atoms with Gasteiger partial charge in [-0.2, -0.15) is 0 Å². The molecule has 1 fully saturated rings. The summed E-state index contributed by atoms with van der Waals surface area (Å²) in [5.41, 5.74) is 0.155. The summed E-state index contributed by atoms with van der Waals surface area (Å²) < 4.78 is 32.1. The Balaban J connectivity index is 2.15. The minimum Gasteiger partial charge on any atom is -0.494 e. The molecular weight excluding hydrogens is 256 g/mol. The number of carbonyl (C=O) groups is 1. The fourth-order valence-electron chi connectivity index (χ4n) is 2.28. The lowest BCUT2D eigenvalue weighted by Gasteiger charge is -2.32. The van der Waals surface area contributed by atoms with E-state index in [9.17, 15) is 13.6 Å². The molecule has 6 heteroatoms. The summed E-state index contributed by atoms with van der Waals surface area (Å²) in [5.74, 6) is -2.56. The van der Waals surface area contributed by atoms with Gasteiger partial charge in [-0.05, 0) is 12.8 Å². The first-order valence-electron chi connectivity index (χ1n) is 6.03. The smallest absolute Gasteiger partial charge is 0.306 e. The van der Waals surface area contributed by atoms with Crippen LogP contribution in [-0.2, 0) is 4.79 Å². The van der Waals surface area contributed by atoms with Crippen LogP contribution in [0, 0.1) is 17.6 Å². The van der Waals surface area contributed by atoms with Gasteiger partial charge >= 0.3 is 5.97 Å². The number of carboxylic acids is 1. The maximum atomic E-state index is 13.9. The van der Waals surface area contributed by atoms with Gasteiger partial charge in [0.2, 0.25) is 0 Å². The van der Waals surface area contributed by atoms with E-state index in [4.69, 9.17) is 9.84 Å². The number of piperidine rings is 1. The van der Waals surface area contributed by atoms with Crippen LogP contribution in [0.3, 0.4) is 0 Å². The van der Waals surface area contributed by atoms with Crippen molar-refractivity contribution in [2.45, 2.75) is 12.8 Å². The van der Waals surface area contributed by atoms with Crippen molar-refractivity contribution < 1.29 is 23.4 Å². The molecule has 0 bridgehead atoms. The van der Waals surface area contributed by atoms with Gasteiger partial charge in [-0.15, -0.1) is 0 Å². The molecule has 2 rings (SSSR count). The van der Waals surface area contributed by atoms with Crippen LogP contribution in [0.5, 0.6) is 5.75 Å². The van der Waals surface area contributed by atoms with Crippen molar-refractivity contribution in [1.82, 2.24) is 0 Å². The van der Waals surface area contributed by atoms with Crippen LogP contribution in [-0.4, -0.2) is 31.3 Å². The highest BCUT2D eigenvalue weighted by molar-refractivity contribution is 5.70. The summed E-state index contributed by atoms with van der Waals surface area (Å²) >= 11 is 0. The van der Waals surface area contributed by atoms with E-state index < -0.39 is 23.5 Å². The second kappa shape index (κ2) is 5.42. The Kier molecular flexibility index (Phi) is 3.87. The van der Waals surface area contributed by atoms with E-state index in [-0.39, 0.29) is 11.4 Å². The van der Waals surface area contributed by atoms with Gasteiger partial charge in [-0.3, -0.25) is 4.79 Å². The Bertz CT molecular complexity index is 485. The molecule has 19 heavy (non-hydrogen) atoms. The van der Waals surface area contributed by atoms with Crippen LogP contribution < -0.4 is 9.64 Å². The first kappa shape index (κ1) is 13.6. The third-order valence-corrected chi connectivity index (χ3v) is 3.41. The molecule has 0 atom stereocenters. The molecular formula is C13H15F2NO3. The van der Waals surface area contributed by atoms with Crippen molar-refractivity contribution in [3.05, 3.63) is 23.8 Å². The lowest BCUT2D eigenvalue weighted by Crippen LogP contribution is -2.36. The van der Waals surface area contributed by atoms with Crippen LogP contribution >= 0.6 is 0 Å². The molecule has 1 N–H and O–H groups in total. The summed E-state index contributed by atoms with van der Waals surface area (Å²) in [4.78, 5) is 12.5. The molecule has 0 saturated carbocycles. The molecule has 0 aliphatic carbocycles. The van der Waals surface area contributed by atoms with Gasteiger partial charge in [0.15, 0.2) is 11.6 Å². The molecule has 1 heterocycles. The maximum absolute atomic E-state index is 13.9. The highest BCUT2D eigenvalue weighted by atomic mass is 19.1. The van der Waals surface area contributed by atoms with E-state index >= 15 is 0 Å². The van der Waals surface area contributed by atoms with Crippen LogP contribution in [0.2, 0.25) is 0 Å². The Morgan fingerprint density at radius 1 is 1.32 bits per heavy atom. The quantitative estimate of drug-likeness (QED) is 0.916. The zero-order valence-corrected chi connectivity index (χ0v) is 10.5. The number of methoxy groups -OCH3 is 1. The van der Waals surface area contributed by atoms with Crippen LogP contribution in [0.25, 0.3) is 0 Å². The van der Waals surface area contributed by atoms with Gasteiger partial charge in [0.1, 0.15) is 5.82 Å². The molecule has 0 spiro atoms. The normalized spacial score (nSPS) is 16.5. The fourth-order valence-corrected chi connectivity index (χ4v) is 2.28. The first-order chi connectivity index (χ1) is 9.02. The van der Waals surface area contributed by atoms with E-state index in [1.807, 2.05) is 0 Å². The van der Waals surface area contributed by atoms with E-state index in [0.717, 1.165) is 12.1 Å². The van der Waals surface area contributed by atoms with E-state index in [2.05, 4.69) is 0 Å². The minimum absolute atomic E-state index is 0.137. The fraction of sp³-hybridized carbons (Fsp3) is 0.462.